The van der Waals surface area contributed by atoms with Crippen LogP contribution in [0.25, 0.3) is 22.3 Å². The van der Waals surface area contributed by atoms with E-state index in [-0.39, 0.29) is 11.0 Å². The first-order valence-electron chi connectivity index (χ1n) is 5.53. The fraction of sp³-hybridized carbons (Fsp3) is 0. The van der Waals surface area contributed by atoms with Crippen LogP contribution in [0.2, 0.25) is 10.2 Å². The second kappa shape index (κ2) is 4.76. The Morgan fingerprint density at radius 1 is 0.947 bits per heavy atom. The molecule has 0 saturated heterocycles. The van der Waals surface area contributed by atoms with Crippen LogP contribution in [0.3, 0.4) is 0 Å². The van der Waals surface area contributed by atoms with Crippen LogP contribution in [0, 0.1) is 5.82 Å². The summed E-state index contributed by atoms with van der Waals surface area (Å²) in [6.07, 6.45) is 0. The second-order valence-corrected chi connectivity index (χ2v) is 4.74. The van der Waals surface area contributed by atoms with Crippen LogP contribution < -0.4 is 0 Å². The molecule has 2 aromatic carbocycles. The molecule has 2 nitrogen and oxygen atoms in total. The predicted octanol–water partition coefficient (Wildman–Crippen LogP) is 4.74. The van der Waals surface area contributed by atoms with E-state index in [1.54, 1.807) is 18.2 Å². The molecule has 3 rings (SSSR count). The van der Waals surface area contributed by atoms with Crippen molar-refractivity contribution in [3.63, 3.8) is 0 Å². The van der Waals surface area contributed by atoms with Gasteiger partial charge in [0.05, 0.1) is 10.5 Å². The molecular formula is C14H7Cl2FN2. The quantitative estimate of drug-likeness (QED) is 0.605. The van der Waals surface area contributed by atoms with E-state index in [1.807, 2.05) is 12.1 Å². The van der Waals surface area contributed by atoms with Crippen molar-refractivity contribution in [3.05, 3.63) is 58.5 Å². The van der Waals surface area contributed by atoms with Crippen LogP contribution in [0.5, 0.6) is 0 Å². The van der Waals surface area contributed by atoms with Crippen molar-refractivity contribution in [2.75, 3.05) is 0 Å². The topological polar surface area (TPSA) is 25.8 Å². The van der Waals surface area contributed by atoms with E-state index in [0.29, 0.717) is 27.3 Å². The number of hydrogen-bond donors (Lipinski definition) is 0. The minimum Gasteiger partial charge on any atom is -0.228 e. The van der Waals surface area contributed by atoms with Gasteiger partial charge in [-0.3, -0.25) is 0 Å². The van der Waals surface area contributed by atoms with Gasteiger partial charge in [-0.15, -0.1) is 0 Å². The number of fused-ring (bicyclic) bond motifs is 1. The number of benzene rings is 2. The van der Waals surface area contributed by atoms with E-state index < -0.39 is 0 Å². The van der Waals surface area contributed by atoms with Crippen LogP contribution in [-0.4, -0.2) is 9.97 Å². The van der Waals surface area contributed by atoms with Gasteiger partial charge < -0.3 is 0 Å². The summed E-state index contributed by atoms with van der Waals surface area (Å²) in [5, 5.41) is 1.41. The lowest BCUT2D eigenvalue weighted by Crippen LogP contribution is -1.93. The van der Waals surface area contributed by atoms with E-state index in [2.05, 4.69) is 9.97 Å². The summed E-state index contributed by atoms with van der Waals surface area (Å²) >= 11 is 12.2. The van der Waals surface area contributed by atoms with Crippen molar-refractivity contribution in [1.29, 1.82) is 0 Å². The summed E-state index contributed by atoms with van der Waals surface area (Å²) in [5.74, 6) is 0.0149. The largest absolute Gasteiger partial charge is 0.228 e. The highest BCUT2D eigenvalue weighted by molar-refractivity contribution is 6.34. The molecule has 0 aliphatic heterocycles. The van der Waals surface area contributed by atoms with E-state index >= 15 is 0 Å². The van der Waals surface area contributed by atoms with Gasteiger partial charge in [-0.25, -0.2) is 14.4 Å². The summed E-state index contributed by atoms with van der Waals surface area (Å²) in [4.78, 5) is 8.52. The molecule has 0 saturated carbocycles. The molecule has 0 aliphatic rings. The number of aromatic nitrogens is 2. The molecule has 0 amide bonds. The molecule has 1 heterocycles. The third-order valence-electron chi connectivity index (χ3n) is 2.73. The molecule has 0 atom stereocenters. The van der Waals surface area contributed by atoms with Gasteiger partial charge in [0.1, 0.15) is 11.0 Å². The zero-order chi connectivity index (χ0) is 13.4. The van der Waals surface area contributed by atoms with Gasteiger partial charge >= 0.3 is 0 Å². The van der Waals surface area contributed by atoms with Crippen LogP contribution in [0.15, 0.2) is 42.5 Å². The first-order valence-corrected chi connectivity index (χ1v) is 6.28. The smallest absolute Gasteiger partial charge is 0.162 e. The molecule has 0 N–H and O–H groups in total. The van der Waals surface area contributed by atoms with E-state index in [0.717, 1.165) is 0 Å². The van der Waals surface area contributed by atoms with Crippen LogP contribution in [0.1, 0.15) is 0 Å². The predicted molar refractivity (Wildman–Crippen MR) is 75.0 cm³/mol. The molecule has 5 heteroatoms. The summed E-state index contributed by atoms with van der Waals surface area (Å²) < 4.78 is 13.3. The minimum atomic E-state index is -0.368. The lowest BCUT2D eigenvalue weighted by Gasteiger charge is -2.06. The Balaban J connectivity index is 2.29. The van der Waals surface area contributed by atoms with Crippen molar-refractivity contribution >= 4 is 34.1 Å². The fourth-order valence-electron chi connectivity index (χ4n) is 1.83. The van der Waals surface area contributed by atoms with E-state index in [1.165, 1.54) is 12.1 Å². The number of rotatable bonds is 1. The lowest BCUT2D eigenvalue weighted by molar-refractivity contribution is 0.629. The molecule has 0 fully saturated rings. The lowest BCUT2D eigenvalue weighted by atomic mass is 10.2. The second-order valence-electron chi connectivity index (χ2n) is 3.98. The number of hydrogen-bond acceptors (Lipinski definition) is 2. The first-order chi connectivity index (χ1) is 9.15. The minimum absolute atomic E-state index is 0.278. The maximum Gasteiger partial charge on any atom is 0.162 e. The molecule has 19 heavy (non-hydrogen) atoms. The van der Waals surface area contributed by atoms with Gasteiger partial charge in [0.2, 0.25) is 0 Å². The van der Waals surface area contributed by atoms with Gasteiger partial charge in [-0.1, -0.05) is 35.3 Å². The zero-order valence-electron chi connectivity index (χ0n) is 9.57. The summed E-state index contributed by atoms with van der Waals surface area (Å²) in [7, 11) is 0. The maximum atomic E-state index is 13.3. The van der Waals surface area contributed by atoms with Gasteiger partial charge in [0, 0.05) is 17.0 Å². The van der Waals surface area contributed by atoms with Crippen molar-refractivity contribution in [2.24, 2.45) is 0 Å². The molecule has 0 unspecified atom stereocenters. The van der Waals surface area contributed by atoms with E-state index in [9.17, 15) is 4.39 Å². The molecule has 0 aliphatic carbocycles. The highest BCUT2D eigenvalue weighted by Crippen LogP contribution is 2.29. The summed E-state index contributed by atoms with van der Waals surface area (Å²) in [5.41, 5.74) is 1.12. The maximum absolute atomic E-state index is 13.3. The van der Waals surface area contributed by atoms with Crippen LogP contribution in [-0.2, 0) is 0 Å². The number of nitrogens with zero attached hydrogens (tertiary/aromatic N) is 2. The third kappa shape index (κ3) is 2.27. The van der Waals surface area contributed by atoms with Gasteiger partial charge in [0.15, 0.2) is 5.82 Å². The van der Waals surface area contributed by atoms with Crippen molar-refractivity contribution in [1.82, 2.24) is 9.97 Å². The normalized spacial score (nSPS) is 10.9. The van der Waals surface area contributed by atoms with Crippen molar-refractivity contribution in [3.8, 4) is 11.4 Å². The Labute approximate surface area is 118 Å². The fourth-order valence-corrected chi connectivity index (χ4v) is 2.29. The average molecular weight is 293 g/mol. The Hall–Kier alpha value is -1.71. The van der Waals surface area contributed by atoms with E-state index in [4.69, 9.17) is 23.2 Å². The zero-order valence-corrected chi connectivity index (χ0v) is 11.1. The Bertz CT molecular complexity index is 774. The van der Waals surface area contributed by atoms with Crippen molar-refractivity contribution < 1.29 is 4.39 Å². The Morgan fingerprint density at radius 3 is 2.53 bits per heavy atom. The molecule has 0 spiro atoms. The first kappa shape index (κ1) is 12.3. The molecule has 0 radical (unpaired) electrons. The Kier molecular flexibility index (Phi) is 3.09. The standard InChI is InChI=1S/C14H7Cl2FN2/c15-11-4-2-1-3-9(11)14-18-12-7-8(17)5-6-10(12)13(16)19-14/h1-7H. The van der Waals surface area contributed by atoms with Gasteiger partial charge in [0.25, 0.3) is 0 Å². The molecular weight excluding hydrogens is 286 g/mol. The molecule has 1 aromatic heterocycles. The highest BCUT2D eigenvalue weighted by Gasteiger charge is 2.10. The average Bonchev–Trinajstić information content (AvgIpc) is 2.38. The molecule has 3 aromatic rings. The monoisotopic (exact) mass is 292 g/mol. The van der Waals surface area contributed by atoms with Gasteiger partial charge in [-0.05, 0) is 24.3 Å². The van der Waals surface area contributed by atoms with Crippen LogP contribution >= 0.6 is 23.2 Å². The molecule has 94 valence electrons. The van der Waals surface area contributed by atoms with Crippen molar-refractivity contribution in [2.45, 2.75) is 0 Å². The third-order valence-corrected chi connectivity index (χ3v) is 3.34. The summed E-state index contributed by atoms with van der Waals surface area (Å²) in [6, 6.07) is 11.4. The molecule has 0 bridgehead atoms. The number of halogens is 3. The highest BCUT2D eigenvalue weighted by atomic mass is 35.5. The van der Waals surface area contributed by atoms with Crippen LogP contribution in [0.4, 0.5) is 4.39 Å². The SMILES string of the molecule is Fc1ccc2c(Cl)nc(-c3ccccc3Cl)nc2c1. The summed E-state index contributed by atoms with van der Waals surface area (Å²) in [6.45, 7) is 0. The Morgan fingerprint density at radius 2 is 1.74 bits per heavy atom. The van der Waals surface area contributed by atoms with Gasteiger partial charge in [-0.2, -0.15) is 0 Å².